The summed E-state index contributed by atoms with van der Waals surface area (Å²) < 4.78 is 5.92. The second kappa shape index (κ2) is 5.96. The molecule has 0 saturated heterocycles. The molecule has 0 spiro atoms. The van der Waals surface area contributed by atoms with Gasteiger partial charge in [-0.25, -0.2) is 0 Å². The summed E-state index contributed by atoms with van der Waals surface area (Å²) in [5, 5.41) is 6.66. The van der Waals surface area contributed by atoms with Crippen molar-refractivity contribution in [2.24, 2.45) is 0 Å². The molecule has 2 rings (SSSR count). The number of nitrogens with zero attached hydrogens (tertiary/aromatic N) is 3. The van der Waals surface area contributed by atoms with Gasteiger partial charge < -0.3 is 10.1 Å². The van der Waals surface area contributed by atoms with E-state index in [1.165, 1.54) is 18.0 Å². The van der Waals surface area contributed by atoms with Gasteiger partial charge in [-0.2, -0.15) is 5.10 Å². The summed E-state index contributed by atoms with van der Waals surface area (Å²) in [5.41, 5.74) is 1.64. The zero-order valence-electron chi connectivity index (χ0n) is 11.2. The summed E-state index contributed by atoms with van der Waals surface area (Å²) in [6, 6.07) is 3.39. The monoisotopic (exact) mass is 274 g/mol. The lowest BCUT2D eigenvalue weighted by Crippen LogP contribution is -2.14. The predicted molar refractivity (Wildman–Crippen MR) is 71.2 cm³/mol. The van der Waals surface area contributed by atoms with E-state index in [4.69, 9.17) is 0 Å². The van der Waals surface area contributed by atoms with Crippen molar-refractivity contribution in [1.29, 1.82) is 0 Å². The van der Waals surface area contributed by atoms with Gasteiger partial charge in [-0.1, -0.05) is 0 Å². The molecule has 104 valence electrons. The summed E-state index contributed by atoms with van der Waals surface area (Å²) in [6.07, 6.45) is 4.65. The van der Waals surface area contributed by atoms with Gasteiger partial charge in [0.2, 0.25) is 0 Å². The van der Waals surface area contributed by atoms with Crippen LogP contribution in [0.2, 0.25) is 0 Å². The number of amides is 1. The van der Waals surface area contributed by atoms with E-state index in [-0.39, 0.29) is 12.5 Å². The molecule has 0 aliphatic rings. The third-order valence-corrected chi connectivity index (χ3v) is 2.66. The molecule has 1 amide bonds. The van der Waals surface area contributed by atoms with Gasteiger partial charge in [-0.15, -0.1) is 0 Å². The van der Waals surface area contributed by atoms with E-state index < -0.39 is 5.97 Å². The second-order valence-electron chi connectivity index (χ2n) is 4.09. The molecule has 0 atom stereocenters. The molecule has 0 aromatic carbocycles. The minimum Gasteiger partial charge on any atom is -0.468 e. The summed E-state index contributed by atoms with van der Waals surface area (Å²) >= 11 is 0. The average molecular weight is 274 g/mol. The van der Waals surface area contributed by atoms with Gasteiger partial charge in [0, 0.05) is 18.1 Å². The van der Waals surface area contributed by atoms with Crippen molar-refractivity contribution in [2.45, 2.75) is 13.5 Å². The first-order chi connectivity index (χ1) is 9.60. The van der Waals surface area contributed by atoms with Crippen molar-refractivity contribution in [3.63, 3.8) is 0 Å². The predicted octanol–water partition coefficient (Wildman–Crippen LogP) is 1.01. The minimum absolute atomic E-state index is 0.00170. The number of hydrogen-bond donors (Lipinski definition) is 1. The average Bonchev–Trinajstić information content (AvgIpc) is 2.86. The lowest BCUT2D eigenvalue weighted by Gasteiger charge is -2.04. The molecule has 0 radical (unpaired) electrons. The Morgan fingerprint density at radius 3 is 2.95 bits per heavy atom. The van der Waals surface area contributed by atoms with Gasteiger partial charge in [-0.3, -0.25) is 19.3 Å². The SMILES string of the molecule is COC(=O)Cn1cc(NC(=O)c2cccnc2C)cn1. The summed E-state index contributed by atoms with van der Waals surface area (Å²) in [4.78, 5) is 27.2. The van der Waals surface area contributed by atoms with Crippen LogP contribution in [-0.4, -0.2) is 33.8 Å². The fourth-order valence-corrected chi connectivity index (χ4v) is 1.63. The smallest absolute Gasteiger partial charge is 0.327 e. The Morgan fingerprint density at radius 1 is 1.45 bits per heavy atom. The highest BCUT2D eigenvalue weighted by Crippen LogP contribution is 2.10. The van der Waals surface area contributed by atoms with Crippen LogP contribution in [0.5, 0.6) is 0 Å². The van der Waals surface area contributed by atoms with E-state index in [1.807, 2.05) is 0 Å². The van der Waals surface area contributed by atoms with Crippen molar-refractivity contribution in [1.82, 2.24) is 14.8 Å². The van der Waals surface area contributed by atoms with E-state index in [2.05, 4.69) is 20.1 Å². The molecule has 7 nitrogen and oxygen atoms in total. The molecule has 0 fully saturated rings. The molecule has 0 saturated carbocycles. The van der Waals surface area contributed by atoms with Crippen molar-refractivity contribution in [3.8, 4) is 0 Å². The Balaban J connectivity index is 2.05. The Kier molecular flexibility index (Phi) is 4.09. The van der Waals surface area contributed by atoms with E-state index in [0.29, 0.717) is 16.9 Å². The van der Waals surface area contributed by atoms with Gasteiger partial charge in [0.25, 0.3) is 5.91 Å². The fraction of sp³-hybridized carbons (Fsp3) is 0.231. The summed E-state index contributed by atoms with van der Waals surface area (Å²) in [6.45, 7) is 1.76. The maximum absolute atomic E-state index is 12.0. The number of hydrogen-bond acceptors (Lipinski definition) is 5. The van der Waals surface area contributed by atoms with Crippen LogP contribution in [0, 0.1) is 6.92 Å². The van der Waals surface area contributed by atoms with Crippen LogP contribution in [0.4, 0.5) is 5.69 Å². The fourth-order valence-electron chi connectivity index (χ4n) is 1.63. The van der Waals surface area contributed by atoms with Crippen molar-refractivity contribution >= 4 is 17.6 Å². The number of carbonyl (C=O) groups excluding carboxylic acids is 2. The molecular formula is C13H14N4O3. The standard InChI is InChI=1S/C13H14N4O3/c1-9-11(4-3-5-14-9)13(19)16-10-6-15-17(7-10)8-12(18)20-2/h3-7H,8H2,1-2H3,(H,16,19). The normalized spacial score (nSPS) is 10.1. The zero-order valence-corrected chi connectivity index (χ0v) is 11.2. The number of rotatable bonds is 4. The first-order valence-corrected chi connectivity index (χ1v) is 5.92. The number of methoxy groups -OCH3 is 1. The van der Waals surface area contributed by atoms with Crippen LogP contribution in [0.3, 0.4) is 0 Å². The van der Waals surface area contributed by atoms with E-state index in [0.717, 1.165) is 0 Å². The molecule has 0 aliphatic carbocycles. The van der Waals surface area contributed by atoms with Crippen LogP contribution >= 0.6 is 0 Å². The first-order valence-electron chi connectivity index (χ1n) is 5.92. The lowest BCUT2D eigenvalue weighted by atomic mass is 10.2. The van der Waals surface area contributed by atoms with Gasteiger partial charge >= 0.3 is 5.97 Å². The molecule has 7 heteroatoms. The minimum atomic E-state index is -0.408. The highest BCUT2D eigenvalue weighted by atomic mass is 16.5. The maximum atomic E-state index is 12.0. The molecule has 0 bridgehead atoms. The van der Waals surface area contributed by atoms with E-state index >= 15 is 0 Å². The Hall–Kier alpha value is -2.70. The van der Waals surface area contributed by atoms with Crippen LogP contribution in [0.15, 0.2) is 30.7 Å². The van der Waals surface area contributed by atoms with E-state index in [1.54, 1.807) is 31.5 Å². The highest BCUT2D eigenvalue weighted by Gasteiger charge is 2.11. The molecule has 2 aromatic rings. The van der Waals surface area contributed by atoms with Gasteiger partial charge in [0.15, 0.2) is 0 Å². The molecule has 0 unspecified atom stereocenters. The quantitative estimate of drug-likeness (QED) is 0.841. The van der Waals surface area contributed by atoms with Crippen LogP contribution in [0.25, 0.3) is 0 Å². The zero-order chi connectivity index (χ0) is 14.5. The Morgan fingerprint density at radius 2 is 2.25 bits per heavy atom. The lowest BCUT2D eigenvalue weighted by molar-refractivity contribution is -0.141. The Labute approximate surface area is 115 Å². The molecule has 2 aromatic heterocycles. The van der Waals surface area contributed by atoms with Gasteiger partial charge in [0.1, 0.15) is 6.54 Å². The number of aromatic nitrogens is 3. The van der Waals surface area contributed by atoms with Crippen molar-refractivity contribution in [2.75, 3.05) is 12.4 Å². The van der Waals surface area contributed by atoms with Crippen LogP contribution in [-0.2, 0) is 16.1 Å². The maximum Gasteiger partial charge on any atom is 0.327 e. The number of aryl methyl sites for hydroxylation is 1. The van der Waals surface area contributed by atoms with Crippen LogP contribution < -0.4 is 5.32 Å². The number of esters is 1. The number of carbonyl (C=O) groups is 2. The largest absolute Gasteiger partial charge is 0.468 e. The first kappa shape index (κ1) is 13.7. The summed E-state index contributed by atoms with van der Waals surface area (Å²) in [7, 11) is 1.31. The number of pyridine rings is 1. The molecule has 1 N–H and O–H groups in total. The number of anilines is 1. The van der Waals surface area contributed by atoms with Gasteiger partial charge in [0.05, 0.1) is 24.6 Å². The third kappa shape index (κ3) is 3.19. The topological polar surface area (TPSA) is 86.1 Å². The molecule has 0 aliphatic heterocycles. The highest BCUT2D eigenvalue weighted by molar-refractivity contribution is 6.04. The third-order valence-electron chi connectivity index (χ3n) is 2.66. The molecular weight excluding hydrogens is 260 g/mol. The van der Waals surface area contributed by atoms with Crippen molar-refractivity contribution < 1.29 is 14.3 Å². The van der Waals surface area contributed by atoms with Crippen molar-refractivity contribution in [3.05, 3.63) is 42.0 Å². The van der Waals surface area contributed by atoms with Gasteiger partial charge in [-0.05, 0) is 19.1 Å². The van der Waals surface area contributed by atoms with Crippen LogP contribution in [0.1, 0.15) is 16.1 Å². The number of ether oxygens (including phenoxy) is 1. The number of nitrogens with one attached hydrogen (secondary N) is 1. The second-order valence-corrected chi connectivity index (χ2v) is 4.09. The van der Waals surface area contributed by atoms with E-state index in [9.17, 15) is 9.59 Å². The Bertz CT molecular complexity index is 636. The molecule has 2 heterocycles. The molecule has 20 heavy (non-hydrogen) atoms. The summed E-state index contributed by atoms with van der Waals surface area (Å²) in [5.74, 6) is -0.678.